The predicted octanol–water partition coefficient (Wildman–Crippen LogP) is 12.7. The number of rotatable bonds is 26. The van der Waals surface area contributed by atoms with Gasteiger partial charge >= 0.3 is 294 Å². The van der Waals surface area contributed by atoms with Gasteiger partial charge in [-0.3, -0.25) is 0 Å². The van der Waals surface area contributed by atoms with Crippen molar-refractivity contribution in [1.29, 1.82) is 0 Å². The second-order valence-electron chi connectivity index (χ2n) is 15.5. The molecule has 0 amide bonds. The molecule has 260 valence electrons. The van der Waals surface area contributed by atoms with Crippen LogP contribution in [0.25, 0.3) is 0 Å². The Bertz CT molecular complexity index is 844. The molecule has 1 aromatic rings. The minimum atomic E-state index is -2.88. The summed E-state index contributed by atoms with van der Waals surface area (Å²) in [4.78, 5) is 0. The summed E-state index contributed by atoms with van der Waals surface area (Å²) >= 11 is -5.76. The van der Waals surface area contributed by atoms with E-state index in [1.54, 1.807) is 0 Å². The number of ether oxygens (including phenoxy) is 1. The molecule has 1 aromatic carbocycles. The Morgan fingerprint density at radius 1 is 0.644 bits per heavy atom. The van der Waals surface area contributed by atoms with Crippen molar-refractivity contribution in [3.63, 3.8) is 0 Å². The fourth-order valence-corrected chi connectivity index (χ4v) is 88.3. The Morgan fingerprint density at radius 3 is 1.36 bits per heavy atom. The molecule has 0 saturated heterocycles. The molecule has 2 atom stereocenters. The summed E-state index contributed by atoms with van der Waals surface area (Å²) in [6.07, 6.45) is 15.6. The molecule has 0 radical (unpaired) electrons. The van der Waals surface area contributed by atoms with Crippen molar-refractivity contribution < 1.29 is 9.84 Å². The van der Waals surface area contributed by atoms with Crippen LogP contribution >= 0.6 is 0 Å². The molecule has 0 fully saturated rings. The van der Waals surface area contributed by atoms with E-state index in [1.165, 1.54) is 109 Å². The quantitative estimate of drug-likeness (QED) is 0.0743. The van der Waals surface area contributed by atoms with Crippen LogP contribution in [0.1, 0.15) is 124 Å². The topological polar surface area (TPSA) is 29.5 Å². The molecule has 0 aromatic heterocycles. The van der Waals surface area contributed by atoms with E-state index < -0.39 is 50.9 Å². The van der Waals surface area contributed by atoms with E-state index in [1.807, 2.05) is 0 Å². The zero-order chi connectivity index (χ0) is 33.6. The second kappa shape index (κ2) is 24.6. The molecule has 0 spiro atoms. The first-order valence-corrected chi connectivity index (χ1v) is 38.3. The van der Waals surface area contributed by atoms with E-state index in [-0.39, 0.29) is 5.92 Å². The van der Waals surface area contributed by atoms with Crippen LogP contribution in [0.4, 0.5) is 0 Å². The van der Waals surface area contributed by atoms with Crippen LogP contribution in [0.3, 0.4) is 0 Å². The molecule has 0 saturated carbocycles. The second-order valence-corrected chi connectivity index (χ2v) is 52.6. The molecule has 1 rings (SSSR count). The van der Waals surface area contributed by atoms with Crippen molar-refractivity contribution in [1.82, 2.24) is 0 Å². The fourth-order valence-electron chi connectivity index (χ4n) is 8.07. The molecule has 45 heavy (non-hydrogen) atoms. The van der Waals surface area contributed by atoms with Gasteiger partial charge in [0, 0.05) is 0 Å². The molecular weight excluding hydrogens is 778 g/mol. The number of unbranched alkanes of at least 4 members (excludes halogenated alkanes) is 6. The zero-order valence-electron chi connectivity index (χ0n) is 31.6. The molecule has 0 heterocycles. The molecular formula is C40H76O2SiSn2. The van der Waals surface area contributed by atoms with Crippen molar-refractivity contribution in [3.05, 3.63) is 35.9 Å². The minimum absolute atomic E-state index is 0.195. The Kier molecular flexibility index (Phi) is 23.8. The number of hydrogen-bond acceptors (Lipinski definition) is 2. The van der Waals surface area contributed by atoms with E-state index in [9.17, 15) is 5.11 Å². The van der Waals surface area contributed by atoms with Gasteiger partial charge in [0.25, 0.3) is 0 Å². The molecule has 0 aliphatic carbocycles. The van der Waals surface area contributed by atoms with E-state index in [4.69, 9.17) is 4.74 Å². The maximum absolute atomic E-state index is 12.5. The van der Waals surface area contributed by atoms with Gasteiger partial charge < -0.3 is 0 Å². The molecule has 1 N–H and O–H groups in total. The molecule has 0 unspecified atom stereocenters. The van der Waals surface area contributed by atoms with Gasteiger partial charge in [-0.1, -0.05) is 0 Å². The summed E-state index contributed by atoms with van der Waals surface area (Å²) in [7, 11) is -1.63. The Morgan fingerprint density at radius 2 is 1.02 bits per heavy atom. The van der Waals surface area contributed by atoms with E-state index in [0.29, 0.717) is 13.2 Å². The van der Waals surface area contributed by atoms with Gasteiger partial charge in [-0.2, -0.15) is 0 Å². The van der Waals surface area contributed by atoms with Gasteiger partial charge in [0.05, 0.1) is 0 Å². The molecule has 0 bridgehead atoms. The molecule has 2 nitrogen and oxygen atoms in total. The third kappa shape index (κ3) is 16.2. The van der Waals surface area contributed by atoms with Gasteiger partial charge in [0.15, 0.2) is 0 Å². The van der Waals surface area contributed by atoms with E-state index in [2.05, 4.69) is 103 Å². The van der Waals surface area contributed by atoms with Crippen LogP contribution in [-0.4, -0.2) is 62.6 Å². The number of hydrogen-bond donors (Lipinski definition) is 1. The van der Waals surface area contributed by atoms with Crippen molar-refractivity contribution in [2.75, 3.05) is 6.61 Å². The zero-order valence-corrected chi connectivity index (χ0v) is 38.3. The maximum atomic E-state index is 12.5. The Balaban J connectivity index is 4.08. The SMILES string of the molecule is CCC[CH2][Sn]([CH2]CCC)([CH2]CCC)[CH]([C@H](COCc1ccccc1)[C@@H](O)C#C[Si](C)(C)C)[Sn]([CH2]CCC)([CH2]CCC)[CH2]CCC. The van der Waals surface area contributed by atoms with Crippen LogP contribution in [0.2, 0.25) is 48.2 Å². The van der Waals surface area contributed by atoms with E-state index in [0.717, 1.165) is 1.95 Å². The summed E-state index contributed by atoms with van der Waals surface area (Å²) in [5.74, 6) is 3.78. The van der Waals surface area contributed by atoms with Crippen LogP contribution in [0, 0.1) is 17.4 Å². The van der Waals surface area contributed by atoms with Gasteiger partial charge in [-0.15, -0.1) is 0 Å². The summed E-state index contributed by atoms with van der Waals surface area (Å²) in [5, 5.41) is 12.5. The number of benzene rings is 1. The van der Waals surface area contributed by atoms with Crippen molar-refractivity contribution in [2.24, 2.45) is 5.92 Å². The van der Waals surface area contributed by atoms with Gasteiger partial charge in [0.2, 0.25) is 0 Å². The number of aliphatic hydroxyl groups excluding tert-OH is 1. The first-order valence-electron chi connectivity index (χ1n) is 19.4. The average molecular weight is 855 g/mol. The molecule has 0 aliphatic heterocycles. The third-order valence-electron chi connectivity index (χ3n) is 10.3. The van der Waals surface area contributed by atoms with Gasteiger partial charge in [-0.25, -0.2) is 0 Å². The van der Waals surface area contributed by atoms with Crippen LogP contribution in [0.15, 0.2) is 30.3 Å². The van der Waals surface area contributed by atoms with E-state index >= 15 is 0 Å². The molecule has 0 aliphatic rings. The van der Waals surface area contributed by atoms with Crippen molar-refractivity contribution >= 4 is 44.8 Å². The van der Waals surface area contributed by atoms with Crippen molar-refractivity contribution in [3.8, 4) is 11.5 Å². The monoisotopic (exact) mass is 856 g/mol. The fraction of sp³-hybridized carbons (Fsp3) is 0.800. The first-order chi connectivity index (χ1) is 21.6. The Labute approximate surface area is 291 Å². The average Bonchev–Trinajstić information content (AvgIpc) is 3.03. The Hall–Kier alpha value is 0.514. The standard InChI is InChI=1S/C16H22O2Si.6C4H9.2Sn/c1-14(16(17)10-11-19(2,3)4)12-18-13-15-8-6-5-7-9-15;6*1-3-4-2;;/h1,5-9,14,16-17H,12-13H2,2-4H3;6*1,3-4H2,2H3;;/t14-,16+;;;;;;;;/m1......../s1. The van der Waals surface area contributed by atoms with Gasteiger partial charge in [0.1, 0.15) is 0 Å². The summed E-state index contributed by atoms with van der Waals surface area (Å²) in [6, 6.07) is 10.7. The van der Waals surface area contributed by atoms with Crippen LogP contribution in [-0.2, 0) is 11.3 Å². The first kappa shape index (κ1) is 43.5. The number of aliphatic hydroxyl groups is 1. The summed E-state index contributed by atoms with van der Waals surface area (Å²) in [6.45, 7) is 22.8. The normalized spacial score (nSPS) is 13.9. The van der Waals surface area contributed by atoms with Gasteiger partial charge in [-0.05, 0) is 0 Å². The van der Waals surface area contributed by atoms with Crippen LogP contribution < -0.4 is 0 Å². The van der Waals surface area contributed by atoms with Crippen molar-refractivity contribution in [2.45, 2.75) is 180 Å². The molecule has 5 heteroatoms. The summed E-state index contributed by atoms with van der Waals surface area (Å²) < 4.78 is 16.8. The predicted molar refractivity (Wildman–Crippen MR) is 210 cm³/mol. The third-order valence-corrected chi connectivity index (χ3v) is 67.8. The summed E-state index contributed by atoms with van der Waals surface area (Å²) in [5.41, 5.74) is 4.90. The van der Waals surface area contributed by atoms with Crippen LogP contribution in [0.5, 0.6) is 0 Å².